The number of imide groups is 1. The Bertz CT molecular complexity index is 721. The number of carbonyl (C=O) groups excluding carboxylic acids is 3. The van der Waals surface area contributed by atoms with Crippen molar-refractivity contribution in [3.63, 3.8) is 0 Å². The van der Waals surface area contributed by atoms with Crippen molar-refractivity contribution in [2.75, 3.05) is 0 Å². The van der Waals surface area contributed by atoms with Crippen LogP contribution in [-0.2, 0) is 26.7 Å². The third kappa shape index (κ3) is 3.11. The van der Waals surface area contributed by atoms with E-state index in [9.17, 15) is 22.8 Å². The highest BCUT2D eigenvalue weighted by molar-refractivity contribution is 7.89. The van der Waals surface area contributed by atoms with Crippen LogP contribution in [0.2, 0.25) is 0 Å². The minimum atomic E-state index is -4.00. The molecule has 1 atom stereocenters. The maximum atomic E-state index is 12.2. The number of hydrogen-bond donors (Lipinski definition) is 3. The molecule has 114 valence electrons. The van der Waals surface area contributed by atoms with E-state index in [-0.39, 0.29) is 23.4 Å². The molecular weight excluding hydrogens is 300 g/mol. The van der Waals surface area contributed by atoms with Crippen LogP contribution in [-0.4, -0.2) is 36.7 Å². The molecule has 1 saturated heterocycles. The smallest absolute Gasteiger partial charge is 0.265 e. The van der Waals surface area contributed by atoms with Crippen molar-refractivity contribution in [1.29, 1.82) is 0 Å². The van der Waals surface area contributed by atoms with Gasteiger partial charge in [-0.15, -0.1) is 0 Å². The molecule has 4 N–H and O–H groups in total. The van der Waals surface area contributed by atoms with E-state index in [1.54, 1.807) is 0 Å². The lowest BCUT2D eigenvalue weighted by atomic mass is 10.1. The molecule has 0 bridgehead atoms. The van der Waals surface area contributed by atoms with Gasteiger partial charge in [0.2, 0.25) is 21.8 Å². The quantitative estimate of drug-likeness (QED) is 0.563. The summed E-state index contributed by atoms with van der Waals surface area (Å²) in [5.41, 5.74) is 5.14. The largest absolute Gasteiger partial charge is 0.364 e. The van der Waals surface area contributed by atoms with Gasteiger partial charge in [0, 0.05) is 19.7 Å². The Hall–Kier alpha value is -2.20. The van der Waals surface area contributed by atoms with E-state index in [2.05, 4.69) is 10.0 Å². The summed E-state index contributed by atoms with van der Waals surface area (Å²) in [7, 11) is -2.52. The number of sulfonamides is 1. The molecule has 1 fully saturated rings. The monoisotopic (exact) mass is 314 g/mol. The van der Waals surface area contributed by atoms with Crippen LogP contribution < -0.4 is 15.8 Å². The first-order valence-electron chi connectivity index (χ1n) is 6.03. The van der Waals surface area contributed by atoms with E-state index in [0.29, 0.717) is 0 Å². The topological polar surface area (TPSA) is 140 Å². The van der Waals surface area contributed by atoms with E-state index >= 15 is 0 Å². The zero-order chi connectivity index (χ0) is 15.8. The number of aromatic nitrogens is 1. The average molecular weight is 314 g/mol. The lowest BCUT2D eigenvalue weighted by Gasteiger charge is -2.21. The number of nitrogens with two attached hydrogens (primary N) is 1. The summed E-state index contributed by atoms with van der Waals surface area (Å²) in [6, 6.07) is 0.0984. The number of carbonyl (C=O) groups is 3. The Morgan fingerprint density at radius 1 is 1.48 bits per heavy atom. The van der Waals surface area contributed by atoms with Gasteiger partial charge in [0.1, 0.15) is 16.6 Å². The van der Waals surface area contributed by atoms with Crippen molar-refractivity contribution in [3.05, 3.63) is 18.0 Å². The number of rotatable bonds is 4. The van der Waals surface area contributed by atoms with Gasteiger partial charge in [0.05, 0.1) is 0 Å². The maximum Gasteiger partial charge on any atom is 0.265 e. The minimum Gasteiger partial charge on any atom is -0.364 e. The van der Waals surface area contributed by atoms with Crippen molar-refractivity contribution < 1.29 is 22.8 Å². The van der Waals surface area contributed by atoms with Crippen LogP contribution in [0.4, 0.5) is 0 Å². The highest BCUT2D eigenvalue weighted by Crippen LogP contribution is 2.15. The fourth-order valence-electron chi connectivity index (χ4n) is 1.99. The Labute approximate surface area is 120 Å². The number of nitrogens with one attached hydrogen (secondary N) is 2. The van der Waals surface area contributed by atoms with Crippen LogP contribution in [0.15, 0.2) is 17.2 Å². The molecule has 1 aliphatic heterocycles. The molecular formula is C11H14N4O5S. The molecule has 3 amide bonds. The average Bonchev–Trinajstić information content (AvgIpc) is 2.76. The summed E-state index contributed by atoms with van der Waals surface area (Å²) in [4.78, 5) is 33.5. The molecule has 9 nitrogen and oxygen atoms in total. The number of nitrogens with zero attached hydrogens (tertiary/aromatic N) is 1. The van der Waals surface area contributed by atoms with E-state index < -0.39 is 33.8 Å². The molecule has 10 heteroatoms. The van der Waals surface area contributed by atoms with Gasteiger partial charge < -0.3 is 10.3 Å². The molecule has 0 saturated carbocycles. The Kier molecular flexibility index (Phi) is 3.83. The van der Waals surface area contributed by atoms with Gasteiger partial charge in [0.25, 0.3) is 5.91 Å². The van der Waals surface area contributed by atoms with Crippen LogP contribution in [0, 0.1) is 0 Å². The van der Waals surface area contributed by atoms with Crippen molar-refractivity contribution in [1.82, 2.24) is 14.6 Å². The number of aryl methyl sites for hydroxylation is 1. The van der Waals surface area contributed by atoms with Crippen LogP contribution >= 0.6 is 0 Å². The predicted molar refractivity (Wildman–Crippen MR) is 70.4 cm³/mol. The van der Waals surface area contributed by atoms with Crippen LogP contribution in [0.3, 0.4) is 0 Å². The van der Waals surface area contributed by atoms with Crippen LogP contribution in [0.5, 0.6) is 0 Å². The summed E-state index contributed by atoms with van der Waals surface area (Å²) in [6.45, 7) is 0. The lowest BCUT2D eigenvalue weighted by Crippen LogP contribution is -2.52. The van der Waals surface area contributed by atoms with Gasteiger partial charge >= 0.3 is 0 Å². The molecule has 0 aromatic carbocycles. The molecule has 2 rings (SSSR count). The molecule has 21 heavy (non-hydrogen) atoms. The molecule has 0 spiro atoms. The van der Waals surface area contributed by atoms with E-state index in [1.165, 1.54) is 17.8 Å². The van der Waals surface area contributed by atoms with Crippen molar-refractivity contribution in [3.8, 4) is 0 Å². The van der Waals surface area contributed by atoms with Gasteiger partial charge in [-0.05, 0) is 12.5 Å². The van der Waals surface area contributed by atoms with Crippen LogP contribution in [0.1, 0.15) is 23.3 Å². The molecule has 1 aliphatic rings. The summed E-state index contributed by atoms with van der Waals surface area (Å²) < 4.78 is 27.8. The fraction of sp³-hybridized carbons (Fsp3) is 0.364. The number of piperidine rings is 1. The zero-order valence-electron chi connectivity index (χ0n) is 11.1. The minimum absolute atomic E-state index is 0.0265. The number of hydrogen-bond acceptors (Lipinski definition) is 5. The van der Waals surface area contributed by atoms with Crippen LogP contribution in [0.25, 0.3) is 0 Å². The fourth-order valence-corrected chi connectivity index (χ4v) is 3.29. The molecule has 2 heterocycles. The van der Waals surface area contributed by atoms with Gasteiger partial charge in [-0.3, -0.25) is 19.7 Å². The van der Waals surface area contributed by atoms with Crippen molar-refractivity contribution in [2.45, 2.75) is 23.8 Å². The summed E-state index contributed by atoms with van der Waals surface area (Å²) in [5.74, 6) is -1.90. The van der Waals surface area contributed by atoms with Crippen molar-refractivity contribution in [2.24, 2.45) is 12.8 Å². The van der Waals surface area contributed by atoms with E-state index in [0.717, 1.165) is 6.07 Å². The third-order valence-corrected chi connectivity index (χ3v) is 4.52. The second-order valence-electron chi connectivity index (χ2n) is 4.66. The Balaban J connectivity index is 2.23. The second kappa shape index (κ2) is 5.30. The summed E-state index contributed by atoms with van der Waals surface area (Å²) >= 11 is 0. The standard InChI is InChI=1S/C11H14N4O5S/c1-15-5-6(4-8(15)10(12)17)21(19,20)14-7-2-3-9(16)13-11(7)18/h4-5,7,14H,2-3H2,1H3,(H2,12,17)(H,13,16,18). The molecule has 0 radical (unpaired) electrons. The van der Waals surface area contributed by atoms with Gasteiger partial charge in [-0.25, -0.2) is 8.42 Å². The highest BCUT2D eigenvalue weighted by Gasteiger charge is 2.31. The van der Waals surface area contributed by atoms with E-state index in [1.807, 2.05) is 0 Å². The predicted octanol–water partition coefficient (Wildman–Crippen LogP) is -1.79. The first-order valence-corrected chi connectivity index (χ1v) is 7.51. The first-order chi connectivity index (χ1) is 9.70. The zero-order valence-corrected chi connectivity index (χ0v) is 11.9. The molecule has 1 unspecified atom stereocenters. The van der Waals surface area contributed by atoms with Crippen molar-refractivity contribution >= 4 is 27.7 Å². The second-order valence-corrected chi connectivity index (χ2v) is 6.38. The Morgan fingerprint density at radius 3 is 2.67 bits per heavy atom. The summed E-state index contributed by atoms with van der Waals surface area (Å²) in [6.07, 6.45) is 1.36. The normalized spacial score (nSPS) is 19.4. The molecule has 1 aromatic heterocycles. The third-order valence-electron chi connectivity index (χ3n) is 3.08. The van der Waals surface area contributed by atoms with E-state index in [4.69, 9.17) is 5.73 Å². The SMILES string of the molecule is Cn1cc(S(=O)(=O)NC2CCC(=O)NC2=O)cc1C(N)=O. The van der Waals surface area contributed by atoms with Gasteiger partial charge in [-0.2, -0.15) is 4.72 Å². The first kappa shape index (κ1) is 15.2. The summed E-state index contributed by atoms with van der Waals surface area (Å²) in [5, 5.41) is 2.05. The number of primary amides is 1. The molecule has 0 aliphatic carbocycles. The maximum absolute atomic E-state index is 12.2. The Morgan fingerprint density at radius 2 is 2.14 bits per heavy atom. The highest BCUT2D eigenvalue weighted by atomic mass is 32.2. The van der Waals surface area contributed by atoms with Gasteiger partial charge in [0.15, 0.2) is 0 Å². The molecule has 1 aromatic rings. The number of amides is 3. The van der Waals surface area contributed by atoms with Gasteiger partial charge in [-0.1, -0.05) is 0 Å². The lowest BCUT2D eigenvalue weighted by molar-refractivity contribution is -0.134.